The van der Waals surface area contributed by atoms with Crippen LogP contribution in [0.15, 0.2) is 0 Å². The summed E-state index contributed by atoms with van der Waals surface area (Å²) < 4.78 is 0. The molecule has 446 valence electrons. The molecule has 0 aromatic heterocycles. The van der Waals surface area contributed by atoms with Gasteiger partial charge in [-0.1, -0.05) is 157 Å². The maximum atomic E-state index is 16.0. The van der Waals surface area contributed by atoms with Gasteiger partial charge in [0.1, 0.15) is 11.6 Å². The van der Waals surface area contributed by atoms with Gasteiger partial charge in [-0.3, -0.25) is 19.4 Å². The van der Waals surface area contributed by atoms with Crippen molar-refractivity contribution in [3.63, 3.8) is 0 Å². The van der Waals surface area contributed by atoms with Gasteiger partial charge >= 0.3 is 0 Å². The number of rotatable bonds is 24. The van der Waals surface area contributed by atoms with Gasteiger partial charge in [-0.25, -0.2) is 0 Å². The molecule has 0 aliphatic heterocycles. The van der Waals surface area contributed by atoms with E-state index in [0.717, 1.165) is 72.8 Å². The monoisotopic (exact) mass is 1080 g/mol. The highest BCUT2D eigenvalue weighted by Crippen LogP contribution is 2.65. The highest BCUT2D eigenvalue weighted by atomic mass is 16.1. The number of hydrogen-bond donors (Lipinski definition) is 0. The Bertz CT molecular complexity index is 1630. The lowest BCUT2D eigenvalue weighted by molar-refractivity contribution is -0.185. The molecule has 10 unspecified atom stereocenters. The molecule has 78 heavy (non-hydrogen) atoms. The first-order valence-corrected chi connectivity index (χ1v) is 36.7. The Kier molecular flexibility index (Phi) is 22.7. The maximum Gasteiger partial charge on any atom is 0.139 e. The number of carbonyl (C=O) groups is 2. The average Bonchev–Trinajstić information content (AvgIpc) is 3.66. The quantitative estimate of drug-likeness (QED) is 0.0904. The number of carbonyl (C=O) groups excluding carboxylic acids is 2. The normalized spacial score (nSPS) is 43.3. The van der Waals surface area contributed by atoms with E-state index in [1.54, 1.807) is 0 Å². The largest absolute Gasteiger partial charge is 0.299 e. The second-order valence-electron chi connectivity index (χ2n) is 31.7. The van der Waals surface area contributed by atoms with Crippen molar-refractivity contribution in [1.82, 2.24) is 9.80 Å². The molecule has 0 amide bonds. The molecule has 10 rings (SSSR count). The van der Waals surface area contributed by atoms with Crippen LogP contribution < -0.4 is 0 Å². The van der Waals surface area contributed by atoms with Gasteiger partial charge in [0.2, 0.25) is 0 Å². The first-order valence-electron chi connectivity index (χ1n) is 36.7. The molecule has 0 aromatic carbocycles. The predicted molar refractivity (Wildman–Crippen MR) is 329 cm³/mol. The number of ketones is 2. The Morgan fingerprint density at radius 1 is 0.321 bits per heavy atom. The third-order valence-electron chi connectivity index (χ3n) is 26.7. The molecule has 10 aliphatic carbocycles. The van der Waals surface area contributed by atoms with Gasteiger partial charge in [-0.05, 0) is 238 Å². The van der Waals surface area contributed by atoms with Gasteiger partial charge in [-0.2, -0.15) is 0 Å². The zero-order valence-electron chi connectivity index (χ0n) is 52.5. The van der Waals surface area contributed by atoms with E-state index < -0.39 is 0 Å². The lowest BCUT2D eigenvalue weighted by Crippen LogP contribution is -2.68. The first kappa shape index (κ1) is 60.4. The fraction of sp³-hybridized carbons (Fsp3) is 0.973. The molecule has 0 spiro atoms. The third kappa shape index (κ3) is 14.5. The summed E-state index contributed by atoms with van der Waals surface area (Å²) in [5.74, 6) is 11.5. The summed E-state index contributed by atoms with van der Waals surface area (Å²) in [6.07, 6.45) is 59.9. The first-order chi connectivity index (χ1) is 38.1. The number of unbranched alkanes of at least 4 members (excludes halogenated alkanes) is 10. The summed E-state index contributed by atoms with van der Waals surface area (Å²) in [6, 6.07) is 3.94. The van der Waals surface area contributed by atoms with E-state index in [2.05, 4.69) is 51.3 Å². The molecule has 10 fully saturated rings. The van der Waals surface area contributed by atoms with E-state index in [-0.39, 0.29) is 11.8 Å². The van der Waals surface area contributed by atoms with Crippen LogP contribution in [0.1, 0.15) is 324 Å². The molecule has 0 N–H and O–H groups in total. The van der Waals surface area contributed by atoms with Gasteiger partial charge in [0.15, 0.2) is 0 Å². The minimum absolute atomic E-state index is 0.246. The molecule has 10 saturated carbocycles. The lowest BCUT2D eigenvalue weighted by atomic mass is 9.42. The number of hydrogen-bond acceptors (Lipinski definition) is 4. The van der Waals surface area contributed by atoms with E-state index in [0.29, 0.717) is 83.6 Å². The van der Waals surface area contributed by atoms with Crippen LogP contribution in [-0.4, -0.2) is 57.6 Å². The van der Waals surface area contributed by atoms with Gasteiger partial charge < -0.3 is 0 Å². The Hall–Kier alpha value is -0.740. The summed E-state index contributed by atoms with van der Waals surface area (Å²) in [5.41, 5.74) is 0. The van der Waals surface area contributed by atoms with Crippen molar-refractivity contribution in [3.8, 4) is 0 Å². The summed E-state index contributed by atoms with van der Waals surface area (Å²) in [7, 11) is 0. The molecule has 0 radical (unpaired) electrons. The minimum atomic E-state index is 0.246. The summed E-state index contributed by atoms with van der Waals surface area (Å²) >= 11 is 0. The van der Waals surface area contributed by atoms with Gasteiger partial charge in [-0.15, -0.1) is 0 Å². The van der Waals surface area contributed by atoms with E-state index in [9.17, 15) is 0 Å². The van der Waals surface area contributed by atoms with Gasteiger partial charge in [0.25, 0.3) is 0 Å². The van der Waals surface area contributed by atoms with E-state index in [1.165, 1.54) is 257 Å². The number of nitrogens with zero attached hydrogens (tertiary/aromatic N) is 2. The second-order valence-corrected chi connectivity index (χ2v) is 31.7. The van der Waals surface area contributed by atoms with Crippen molar-refractivity contribution in [2.24, 2.45) is 94.7 Å². The predicted octanol–water partition coefficient (Wildman–Crippen LogP) is 20.2. The topological polar surface area (TPSA) is 40.6 Å². The maximum absolute atomic E-state index is 16.0. The van der Waals surface area contributed by atoms with Crippen LogP contribution in [0.2, 0.25) is 0 Å². The SMILES string of the molecule is CCCCCCCCC1CCC(N(C2CCC(C)CC2)C2CC(C(=O)C3CCC(C)CC3)C3CCC4C5C(CCC2C35)C(C(=O)C2CCC(C)CC2)CC4N(C2CCC(C)CC2)C2CCC(CCCCCCCC)CC2)CC1. The smallest absolute Gasteiger partial charge is 0.139 e. The van der Waals surface area contributed by atoms with Crippen LogP contribution in [0.5, 0.6) is 0 Å². The molecule has 4 heteroatoms. The Morgan fingerprint density at radius 2 is 0.603 bits per heavy atom. The van der Waals surface area contributed by atoms with Gasteiger partial charge in [0, 0.05) is 59.9 Å². The molecule has 10 atom stereocenters. The van der Waals surface area contributed by atoms with Crippen molar-refractivity contribution in [1.29, 1.82) is 0 Å². The summed E-state index contributed by atoms with van der Waals surface area (Å²) in [4.78, 5) is 38.6. The third-order valence-corrected chi connectivity index (χ3v) is 26.7. The van der Waals surface area contributed by atoms with Crippen molar-refractivity contribution >= 4 is 11.6 Å². The molecule has 4 nitrogen and oxygen atoms in total. The molecule has 0 heterocycles. The minimum Gasteiger partial charge on any atom is -0.299 e. The van der Waals surface area contributed by atoms with Crippen LogP contribution in [0.4, 0.5) is 0 Å². The van der Waals surface area contributed by atoms with Crippen molar-refractivity contribution < 1.29 is 9.59 Å². The molecule has 0 aromatic rings. The molecule has 0 bridgehead atoms. The fourth-order valence-electron chi connectivity index (χ4n) is 22.1. The highest BCUT2D eigenvalue weighted by molar-refractivity contribution is 5.85. The van der Waals surface area contributed by atoms with Crippen LogP contribution >= 0.6 is 0 Å². The van der Waals surface area contributed by atoms with Crippen molar-refractivity contribution in [2.45, 2.75) is 360 Å². The number of Topliss-reactive ketones (excluding diaryl/α,β-unsaturated/α-hetero) is 2. The molecular formula is C74H128N2O2. The van der Waals surface area contributed by atoms with Crippen LogP contribution in [0.3, 0.4) is 0 Å². The van der Waals surface area contributed by atoms with Gasteiger partial charge in [0.05, 0.1) is 0 Å². The Labute approximate surface area is 483 Å². The second kappa shape index (κ2) is 29.4. The molecular weight excluding hydrogens is 949 g/mol. The van der Waals surface area contributed by atoms with Crippen LogP contribution in [-0.2, 0) is 9.59 Å². The van der Waals surface area contributed by atoms with Crippen molar-refractivity contribution in [2.75, 3.05) is 0 Å². The average molecular weight is 1080 g/mol. The summed E-state index contributed by atoms with van der Waals surface area (Å²) in [5, 5.41) is 0. The Balaban J connectivity index is 0.981. The lowest BCUT2D eigenvalue weighted by Gasteiger charge is -2.67. The van der Waals surface area contributed by atoms with Crippen LogP contribution in [0, 0.1) is 94.7 Å². The van der Waals surface area contributed by atoms with E-state index >= 15 is 9.59 Å². The summed E-state index contributed by atoms with van der Waals surface area (Å²) in [6.45, 7) is 14.7. The standard InChI is InChI=1S/C74H128N2O2/c1-7-9-11-13-15-17-19-55-29-41-61(42-30-55)75(59-37-25-53(5)26-38-59)69-49-67(73(77)57-33-21-51(3)22-34-57)63-46-48-66-70(50-68(64-45-47-65(69)71(63)72(64)66)74(78)58-35-23-52(4)24-36-58)76(60-39-27-54(6)28-40-60)62-43-31-56(32-44-62)20-18-16-14-12-10-8-2/h51-72H,7-50H2,1-6H3. The molecule has 10 aliphatic rings. The molecule has 0 saturated heterocycles. The van der Waals surface area contributed by atoms with Crippen molar-refractivity contribution in [3.05, 3.63) is 0 Å². The zero-order valence-corrected chi connectivity index (χ0v) is 52.5. The zero-order chi connectivity index (χ0) is 54.1. The van der Waals surface area contributed by atoms with E-state index in [4.69, 9.17) is 0 Å². The Morgan fingerprint density at radius 3 is 0.936 bits per heavy atom. The van der Waals surface area contributed by atoms with E-state index in [1.807, 2.05) is 0 Å². The van der Waals surface area contributed by atoms with Crippen LogP contribution in [0.25, 0.3) is 0 Å². The fourth-order valence-corrected chi connectivity index (χ4v) is 22.1. The highest BCUT2D eigenvalue weighted by Gasteiger charge is 2.64.